The van der Waals surface area contributed by atoms with Crippen LogP contribution in [-0.2, 0) is 4.79 Å². The zero-order valence-corrected chi connectivity index (χ0v) is 21.9. The van der Waals surface area contributed by atoms with Crippen LogP contribution >= 0.6 is 0 Å². The molecule has 3 amide bonds. The fourth-order valence-electron chi connectivity index (χ4n) is 4.75. The average Bonchev–Trinajstić information content (AvgIpc) is 3.33. The number of H-pyrrole nitrogens is 1. The van der Waals surface area contributed by atoms with Crippen LogP contribution in [0.3, 0.4) is 0 Å². The van der Waals surface area contributed by atoms with E-state index in [4.69, 9.17) is 15.2 Å². The van der Waals surface area contributed by atoms with Crippen molar-refractivity contribution in [2.45, 2.75) is 32.2 Å². The summed E-state index contributed by atoms with van der Waals surface area (Å²) in [5.41, 5.74) is 10.3. The predicted octanol–water partition coefficient (Wildman–Crippen LogP) is 4.93. The van der Waals surface area contributed by atoms with Crippen LogP contribution in [0.1, 0.15) is 47.6 Å². The molecule has 1 heterocycles. The molecule has 0 fully saturated rings. The summed E-state index contributed by atoms with van der Waals surface area (Å²) in [5.74, 6) is 0.930. The van der Waals surface area contributed by atoms with Gasteiger partial charge in [0.15, 0.2) is 11.5 Å². The van der Waals surface area contributed by atoms with E-state index < -0.39 is 12.1 Å². The fourth-order valence-corrected chi connectivity index (χ4v) is 4.75. The van der Waals surface area contributed by atoms with Gasteiger partial charge in [0, 0.05) is 29.6 Å². The topological polar surface area (TPSA) is 118 Å². The van der Waals surface area contributed by atoms with Crippen LogP contribution in [0.15, 0.2) is 72.9 Å². The number of carbonyl (C=O) groups excluding carboxylic acids is 2. The number of benzene rings is 3. The van der Waals surface area contributed by atoms with Gasteiger partial charge >= 0.3 is 6.03 Å². The first-order valence-corrected chi connectivity index (χ1v) is 12.7. The highest BCUT2D eigenvalue weighted by Crippen LogP contribution is 2.36. The number of ether oxygens (including phenoxy) is 2. The number of fused-ring (bicyclic) bond motifs is 1. The predicted molar refractivity (Wildman–Crippen MR) is 149 cm³/mol. The summed E-state index contributed by atoms with van der Waals surface area (Å²) in [7, 11) is 1.61. The highest BCUT2D eigenvalue weighted by molar-refractivity contribution is 5.84. The minimum atomic E-state index is -0.678. The molecule has 5 N–H and O–H groups in total. The van der Waals surface area contributed by atoms with Gasteiger partial charge < -0.3 is 30.8 Å². The largest absolute Gasteiger partial charge is 0.493 e. The number of aromatic nitrogens is 1. The third-order valence-electron chi connectivity index (χ3n) is 6.54. The van der Waals surface area contributed by atoms with Crippen molar-refractivity contribution in [3.05, 3.63) is 95.2 Å². The van der Waals surface area contributed by atoms with E-state index in [0.717, 1.165) is 33.2 Å². The van der Waals surface area contributed by atoms with Crippen molar-refractivity contribution in [2.24, 2.45) is 5.73 Å². The number of rotatable bonds is 11. The molecule has 0 saturated carbocycles. The molecular formula is C30H34N4O4. The van der Waals surface area contributed by atoms with E-state index in [1.165, 1.54) is 0 Å². The Labute approximate surface area is 222 Å². The molecule has 0 aliphatic heterocycles. The molecule has 2 atom stereocenters. The molecule has 0 spiro atoms. The van der Waals surface area contributed by atoms with E-state index in [2.05, 4.69) is 21.7 Å². The molecule has 4 aromatic rings. The molecule has 0 saturated heterocycles. The van der Waals surface area contributed by atoms with Crippen molar-refractivity contribution < 1.29 is 19.1 Å². The lowest BCUT2D eigenvalue weighted by atomic mass is 9.90. The maximum absolute atomic E-state index is 13.2. The van der Waals surface area contributed by atoms with Gasteiger partial charge in [0.05, 0.1) is 26.2 Å². The van der Waals surface area contributed by atoms with Crippen molar-refractivity contribution in [1.29, 1.82) is 0 Å². The quantitative estimate of drug-likeness (QED) is 0.227. The Morgan fingerprint density at radius 3 is 2.55 bits per heavy atom. The zero-order valence-electron chi connectivity index (χ0n) is 21.9. The van der Waals surface area contributed by atoms with Gasteiger partial charge in [0.2, 0.25) is 5.91 Å². The molecule has 3 aromatic carbocycles. The van der Waals surface area contributed by atoms with Gasteiger partial charge in [0.25, 0.3) is 0 Å². The van der Waals surface area contributed by atoms with Crippen molar-refractivity contribution in [3.63, 3.8) is 0 Å². The van der Waals surface area contributed by atoms with E-state index in [1.54, 1.807) is 7.11 Å². The summed E-state index contributed by atoms with van der Waals surface area (Å²) in [4.78, 5) is 28.2. The van der Waals surface area contributed by atoms with Crippen molar-refractivity contribution in [1.82, 2.24) is 15.6 Å². The molecular weight excluding hydrogens is 480 g/mol. The van der Waals surface area contributed by atoms with Gasteiger partial charge in [-0.3, -0.25) is 4.79 Å². The number of methoxy groups -OCH3 is 1. The Morgan fingerprint density at radius 1 is 1.00 bits per heavy atom. The van der Waals surface area contributed by atoms with Gasteiger partial charge in [-0.2, -0.15) is 0 Å². The summed E-state index contributed by atoms with van der Waals surface area (Å²) in [6, 6.07) is 20.4. The lowest BCUT2D eigenvalue weighted by Gasteiger charge is -2.22. The summed E-state index contributed by atoms with van der Waals surface area (Å²) in [6.45, 7) is 4.75. The molecule has 1 aromatic heterocycles. The Morgan fingerprint density at radius 2 is 1.82 bits per heavy atom. The number of aryl methyl sites for hydroxylation is 1. The molecule has 0 aliphatic rings. The fraction of sp³-hybridized carbons (Fsp3) is 0.267. The molecule has 4 rings (SSSR count). The number of amides is 3. The number of aromatic amines is 1. The SMILES string of the molecule is CCOc1ccc(C(CNC(=O)CC(NC(N)=O)c2cccc(C)c2)c2c[nH]c3ccccc23)cc1OC. The summed E-state index contributed by atoms with van der Waals surface area (Å²) < 4.78 is 11.3. The normalized spacial score (nSPS) is 12.5. The van der Waals surface area contributed by atoms with Crippen LogP contribution in [0.5, 0.6) is 11.5 Å². The lowest BCUT2D eigenvalue weighted by Crippen LogP contribution is -2.37. The molecule has 2 unspecified atom stereocenters. The number of nitrogens with one attached hydrogen (secondary N) is 3. The molecule has 0 bridgehead atoms. The maximum atomic E-state index is 13.2. The Bertz CT molecular complexity index is 1410. The number of urea groups is 1. The van der Waals surface area contributed by atoms with Gasteiger partial charge in [-0.1, -0.05) is 54.1 Å². The van der Waals surface area contributed by atoms with Crippen molar-refractivity contribution in [2.75, 3.05) is 20.3 Å². The highest BCUT2D eigenvalue weighted by atomic mass is 16.5. The first-order chi connectivity index (χ1) is 18.4. The van der Waals surface area contributed by atoms with Gasteiger partial charge in [-0.05, 0) is 48.7 Å². The van der Waals surface area contributed by atoms with Crippen LogP contribution in [0, 0.1) is 6.92 Å². The monoisotopic (exact) mass is 514 g/mol. The zero-order chi connectivity index (χ0) is 27.1. The van der Waals surface area contributed by atoms with E-state index in [0.29, 0.717) is 24.7 Å². The maximum Gasteiger partial charge on any atom is 0.312 e. The van der Waals surface area contributed by atoms with Crippen LogP contribution < -0.4 is 25.8 Å². The number of carbonyl (C=O) groups is 2. The first kappa shape index (κ1) is 26.6. The molecule has 8 heteroatoms. The van der Waals surface area contributed by atoms with E-state index in [1.807, 2.05) is 80.7 Å². The van der Waals surface area contributed by atoms with E-state index in [9.17, 15) is 9.59 Å². The van der Waals surface area contributed by atoms with Crippen LogP contribution in [0.4, 0.5) is 4.79 Å². The van der Waals surface area contributed by atoms with Crippen LogP contribution in [-0.4, -0.2) is 37.2 Å². The summed E-state index contributed by atoms with van der Waals surface area (Å²) >= 11 is 0. The van der Waals surface area contributed by atoms with Crippen LogP contribution in [0.25, 0.3) is 10.9 Å². The Balaban J connectivity index is 1.60. The highest BCUT2D eigenvalue weighted by Gasteiger charge is 2.23. The third-order valence-corrected chi connectivity index (χ3v) is 6.54. The minimum Gasteiger partial charge on any atom is -0.493 e. The molecule has 0 radical (unpaired) electrons. The molecule has 0 aliphatic carbocycles. The standard InChI is InChI=1S/C30H34N4O4/c1-4-38-27-13-12-20(15-28(27)37-3)23(24-18-32-25-11-6-5-10-22(24)25)17-33-29(35)16-26(34-30(31)36)21-9-7-8-19(2)14-21/h5-15,18,23,26,32H,4,16-17H2,1-3H3,(H,33,35)(H3,31,34,36). The third kappa shape index (κ3) is 6.26. The van der Waals surface area contributed by atoms with Gasteiger partial charge in [-0.15, -0.1) is 0 Å². The average molecular weight is 515 g/mol. The minimum absolute atomic E-state index is 0.0552. The number of hydrogen-bond donors (Lipinski definition) is 4. The number of primary amides is 1. The van der Waals surface area contributed by atoms with Gasteiger partial charge in [0.1, 0.15) is 0 Å². The van der Waals surface area contributed by atoms with Crippen LogP contribution in [0.2, 0.25) is 0 Å². The summed E-state index contributed by atoms with van der Waals surface area (Å²) in [5, 5.41) is 6.86. The lowest BCUT2D eigenvalue weighted by molar-refractivity contribution is -0.121. The van der Waals surface area contributed by atoms with E-state index in [-0.39, 0.29) is 18.2 Å². The molecule has 8 nitrogen and oxygen atoms in total. The second-order valence-corrected chi connectivity index (χ2v) is 9.17. The van der Waals surface area contributed by atoms with Gasteiger partial charge in [-0.25, -0.2) is 4.79 Å². The Hall–Kier alpha value is -4.46. The van der Waals surface area contributed by atoms with Crippen molar-refractivity contribution in [3.8, 4) is 11.5 Å². The number of hydrogen-bond acceptors (Lipinski definition) is 4. The number of para-hydroxylation sites is 1. The second-order valence-electron chi connectivity index (χ2n) is 9.17. The molecule has 38 heavy (non-hydrogen) atoms. The first-order valence-electron chi connectivity index (χ1n) is 12.7. The molecule has 198 valence electrons. The van der Waals surface area contributed by atoms with E-state index >= 15 is 0 Å². The number of nitrogens with two attached hydrogens (primary N) is 1. The smallest absolute Gasteiger partial charge is 0.312 e. The summed E-state index contributed by atoms with van der Waals surface area (Å²) in [6.07, 6.45) is 2.04. The Kier molecular flexibility index (Phi) is 8.53. The second kappa shape index (κ2) is 12.2. The van der Waals surface area contributed by atoms with Crippen molar-refractivity contribution >= 4 is 22.8 Å².